The van der Waals surface area contributed by atoms with Gasteiger partial charge in [-0.25, -0.2) is 4.79 Å². The summed E-state index contributed by atoms with van der Waals surface area (Å²) in [4.78, 5) is 14.1. The van der Waals surface area contributed by atoms with Crippen LogP contribution in [0.25, 0.3) is 0 Å². The summed E-state index contributed by atoms with van der Waals surface area (Å²) in [6, 6.07) is 0.346. The molecule has 0 unspecified atom stereocenters. The maximum absolute atomic E-state index is 11.7. The molecule has 116 valence electrons. The van der Waals surface area contributed by atoms with E-state index in [-0.39, 0.29) is 6.09 Å². The minimum Gasteiger partial charge on any atom is -0.449 e. The first-order valence-electron chi connectivity index (χ1n) is 7.92. The van der Waals surface area contributed by atoms with Gasteiger partial charge < -0.3 is 19.7 Å². The van der Waals surface area contributed by atoms with Crippen LogP contribution >= 0.6 is 0 Å². The topological polar surface area (TPSA) is 50.8 Å². The number of nitrogens with zero attached hydrogens (tertiary/aromatic N) is 1. The molecule has 1 saturated heterocycles. The van der Waals surface area contributed by atoms with Crippen molar-refractivity contribution in [3.63, 3.8) is 0 Å². The van der Waals surface area contributed by atoms with Gasteiger partial charge in [0.05, 0.1) is 13.2 Å². The highest BCUT2D eigenvalue weighted by Gasteiger charge is 2.22. The van der Waals surface area contributed by atoms with Crippen LogP contribution in [0.4, 0.5) is 4.79 Å². The fraction of sp³-hybridized carbons (Fsp3) is 0.933. The Hall–Kier alpha value is -0.810. The van der Waals surface area contributed by atoms with Crippen molar-refractivity contribution in [1.82, 2.24) is 10.2 Å². The fourth-order valence-electron chi connectivity index (χ4n) is 3.07. The summed E-state index contributed by atoms with van der Waals surface area (Å²) in [5, 5.41) is 2.97. The number of nitrogens with one attached hydrogen (secondary N) is 1. The Balaban J connectivity index is 1.55. The molecule has 0 radical (unpaired) electrons. The smallest absolute Gasteiger partial charge is 0.407 e. The molecule has 0 bridgehead atoms. The Labute approximate surface area is 122 Å². The number of carbonyl (C=O) groups is 1. The van der Waals surface area contributed by atoms with Crippen LogP contribution < -0.4 is 5.32 Å². The van der Waals surface area contributed by atoms with Crippen molar-refractivity contribution < 1.29 is 14.3 Å². The summed E-state index contributed by atoms with van der Waals surface area (Å²) >= 11 is 0. The second-order valence-electron chi connectivity index (χ2n) is 6.00. The van der Waals surface area contributed by atoms with Crippen LogP contribution in [-0.2, 0) is 9.47 Å². The molecule has 2 fully saturated rings. The lowest BCUT2D eigenvalue weighted by Gasteiger charge is -2.31. The number of amides is 1. The molecule has 2 aliphatic rings. The lowest BCUT2D eigenvalue weighted by Crippen LogP contribution is -2.38. The van der Waals surface area contributed by atoms with Crippen LogP contribution in [0.15, 0.2) is 0 Å². The van der Waals surface area contributed by atoms with Gasteiger partial charge in [0.1, 0.15) is 0 Å². The predicted octanol–water partition coefficient (Wildman–Crippen LogP) is 2.01. The molecule has 2 rings (SSSR count). The van der Waals surface area contributed by atoms with Crippen molar-refractivity contribution in [3.8, 4) is 0 Å². The van der Waals surface area contributed by atoms with Gasteiger partial charge >= 0.3 is 6.09 Å². The van der Waals surface area contributed by atoms with E-state index in [2.05, 4.69) is 10.2 Å². The molecule has 0 aromatic heterocycles. The normalized spacial score (nSPS) is 22.1. The first kappa shape index (κ1) is 15.6. The van der Waals surface area contributed by atoms with Gasteiger partial charge in [-0.05, 0) is 44.7 Å². The van der Waals surface area contributed by atoms with Crippen molar-refractivity contribution in [2.75, 3.05) is 40.0 Å². The lowest BCUT2D eigenvalue weighted by molar-refractivity contribution is 0.0821. The number of alkyl carbamates (subject to hydrolysis) is 1. The first-order valence-corrected chi connectivity index (χ1v) is 7.92. The van der Waals surface area contributed by atoms with Crippen LogP contribution in [0, 0.1) is 5.92 Å². The van der Waals surface area contributed by atoms with E-state index >= 15 is 0 Å². The third kappa shape index (κ3) is 5.29. The molecule has 0 atom stereocenters. The quantitative estimate of drug-likeness (QED) is 0.810. The molecule has 1 heterocycles. The number of rotatable bonds is 6. The van der Waals surface area contributed by atoms with Gasteiger partial charge in [-0.15, -0.1) is 0 Å². The molecule has 5 nitrogen and oxygen atoms in total. The second-order valence-corrected chi connectivity index (χ2v) is 6.00. The molecule has 0 spiro atoms. The first-order chi connectivity index (χ1) is 9.78. The van der Waals surface area contributed by atoms with Crippen LogP contribution in [-0.4, -0.2) is 57.0 Å². The van der Waals surface area contributed by atoms with Crippen LogP contribution in [0.3, 0.4) is 0 Å². The highest BCUT2D eigenvalue weighted by molar-refractivity contribution is 5.67. The van der Waals surface area contributed by atoms with Crippen molar-refractivity contribution in [2.24, 2.45) is 5.92 Å². The van der Waals surface area contributed by atoms with E-state index in [0.717, 1.165) is 51.9 Å². The Bertz CT molecular complexity index is 285. The highest BCUT2D eigenvalue weighted by atomic mass is 16.5. The molecule has 20 heavy (non-hydrogen) atoms. The molecular formula is C15H28N2O3. The van der Waals surface area contributed by atoms with Gasteiger partial charge in [0.2, 0.25) is 0 Å². The van der Waals surface area contributed by atoms with Gasteiger partial charge in [-0.2, -0.15) is 0 Å². The van der Waals surface area contributed by atoms with Crippen molar-refractivity contribution in [3.05, 3.63) is 0 Å². The van der Waals surface area contributed by atoms with Gasteiger partial charge in [0, 0.05) is 19.7 Å². The Morgan fingerprint density at radius 3 is 2.55 bits per heavy atom. The largest absolute Gasteiger partial charge is 0.449 e. The van der Waals surface area contributed by atoms with E-state index in [4.69, 9.17) is 9.47 Å². The molecule has 1 N–H and O–H groups in total. The van der Waals surface area contributed by atoms with Gasteiger partial charge in [0.25, 0.3) is 0 Å². The molecule has 0 aromatic rings. The Morgan fingerprint density at radius 1 is 1.20 bits per heavy atom. The van der Waals surface area contributed by atoms with E-state index in [1.807, 2.05) is 0 Å². The number of methoxy groups -OCH3 is 1. The zero-order valence-electron chi connectivity index (χ0n) is 12.6. The van der Waals surface area contributed by atoms with Gasteiger partial charge in [-0.3, -0.25) is 0 Å². The number of piperidine rings is 1. The fourth-order valence-corrected chi connectivity index (χ4v) is 3.07. The van der Waals surface area contributed by atoms with Crippen LogP contribution in [0.2, 0.25) is 0 Å². The van der Waals surface area contributed by atoms with E-state index < -0.39 is 0 Å². The third-order valence-corrected chi connectivity index (χ3v) is 4.45. The van der Waals surface area contributed by atoms with Crippen molar-refractivity contribution in [1.29, 1.82) is 0 Å². The Kier molecular flexibility index (Phi) is 6.60. The van der Waals surface area contributed by atoms with E-state index in [1.54, 1.807) is 7.11 Å². The van der Waals surface area contributed by atoms with Crippen LogP contribution in [0.1, 0.15) is 38.5 Å². The molecule has 5 heteroatoms. The summed E-state index contributed by atoms with van der Waals surface area (Å²) in [7, 11) is 1.74. The third-order valence-electron chi connectivity index (χ3n) is 4.45. The summed E-state index contributed by atoms with van der Waals surface area (Å²) in [6.07, 6.45) is 6.66. The minimum absolute atomic E-state index is 0.223. The summed E-state index contributed by atoms with van der Waals surface area (Å²) in [6.45, 7) is 4.54. The standard InChI is InChI=1S/C15H28N2O3/c1-19-11-10-17-8-6-13(7-9-17)12-20-15(18)16-14-4-2-3-5-14/h13-14H,2-12H2,1H3,(H,16,18). The molecular weight excluding hydrogens is 256 g/mol. The Morgan fingerprint density at radius 2 is 1.90 bits per heavy atom. The average Bonchev–Trinajstić information content (AvgIpc) is 2.97. The maximum Gasteiger partial charge on any atom is 0.407 e. The van der Waals surface area contributed by atoms with Gasteiger partial charge in [-0.1, -0.05) is 12.8 Å². The number of carbonyl (C=O) groups excluding carboxylic acids is 1. The predicted molar refractivity (Wildman–Crippen MR) is 77.8 cm³/mol. The number of likely N-dealkylation sites (tertiary alicyclic amines) is 1. The molecule has 1 aliphatic carbocycles. The second kappa shape index (κ2) is 8.47. The van der Waals surface area contributed by atoms with Crippen molar-refractivity contribution in [2.45, 2.75) is 44.6 Å². The van der Waals surface area contributed by atoms with E-state index in [9.17, 15) is 4.79 Å². The molecule has 0 aromatic carbocycles. The lowest BCUT2D eigenvalue weighted by atomic mass is 9.98. The molecule has 1 amide bonds. The maximum atomic E-state index is 11.7. The minimum atomic E-state index is -0.223. The zero-order chi connectivity index (χ0) is 14.2. The average molecular weight is 284 g/mol. The molecule has 1 saturated carbocycles. The number of hydrogen-bond acceptors (Lipinski definition) is 4. The molecule has 1 aliphatic heterocycles. The highest BCUT2D eigenvalue weighted by Crippen LogP contribution is 2.19. The van der Waals surface area contributed by atoms with E-state index in [0.29, 0.717) is 18.6 Å². The summed E-state index contributed by atoms with van der Waals surface area (Å²) < 4.78 is 10.5. The summed E-state index contributed by atoms with van der Waals surface area (Å²) in [5.74, 6) is 0.517. The summed E-state index contributed by atoms with van der Waals surface area (Å²) in [5.41, 5.74) is 0. The van der Waals surface area contributed by atoms with Crippen molar-refractivity contribution >= 4 is 6.09 Å². The SMILES string of the molecule is COCCN1CCC(COC(=O)NC2CCCC2)CC1. The van der Waals surface area contributed by atoms with E-state index in [1.165, 1.54) is 12.8 Å². The number of hydrogen-bond donors (Lipinski definition) is 1. The zero-order valence-corrected chi connectivity index (χ0v) is 12.6. The number of ether oxygens (including phenoxy) is 2. The van der Waals surface area contributed by atoms with Gasteiger partial charge in [0.15, 0.2) is 0 Å². The monoisotopic (exact) mass is 284 g/mol. The van der Waals surface area contributed by atoms with Crippen LogP contribution in [0.5, 0.6) is 0 Å².